The highest BCUT2D eigenvalue weighted by Crippen LogP contribution is 2.38. The van der Waals surface area contributed by atoms with Crippen molar-refractivity contribution in [3.05, 3.63) is 48.8 Å². The van der Waals surface area contributed by atoms with E-state index in [1.807, 2.05) is 0 Å². The molecule has 0 N–H and O–H groups in total. The van der Waals surface area contributed by atoms with E-state index < -0.39 is 15.6 Å². The molecule has 8 heteroatoms. The van der Waals surface area contributed by atoms with Gasteiger partial charge in [0, 0.05) is 38.3 Å². The summed E-state index contributed by atoms with van der Waals surface area (Å²) in [7, 11) is -3.47. The van der Waals surface area contributed by atoms with Gasteiger partial charge in [0.1, 0.15) is 6.10 Å². The molecule has 2 saturated heterocycles. The van der Waals surface area contributed by atoms with Gasteiger partial charge in [0.05, 0.1) is 17.1 Å². The van der Waals surface area contributed by atoms with E-state index in [4.69, 9.17) is 9.47 Å². The highest BCUT2D eigenvalue weighted by atomic mass is 32.2. The average Bonchev–Trinajstić information content (AvgIpc) is 2.61. The number of sulfonamides is 1. The SMILES string of the molecule is O=S(=O)(c1ccccc1)N1CC2(CC(Oc3ncccn3)CCO2)C1. The zero-order chi connectivity index (χ0) is 17.3. The molecule has 1 unspecified atom stereocenters. The van der Waals surface area contributed by atoms with Gasteiger partial charge in [0.2, 0.25) is 10.0 Å². The lowest BCUT2D eigenvalue weighted by molar-refractivity contribution is -0.165. The van der Waals surface area contributed by atoms with Crippen LogP contribution in [0.4, 0.5) is 0 Å². The first kappa shape index (κ1) is 16.4. The summed E-state index contributed by atoms with van der Waals surface area (Å²) in [5.74, 6) is 0. The van der Waals surface area contributed by atoms with E-state index in [0.717, 1.165) is 6.42 Å². The van der Waals surface area contributed by atoms with Gasteiger partial charge in [-0.15, -0.1) is 0 Å². The Bertz CT molecular complexity index is 823. The van der Waals surface area contributed by atoms with Crippen LogP contribution in [-0.2, 0) is 14.8 Å². The van der Waals surface area contributed by atoms with Crippen LogP contribution in [0.1, 0.15) is 12.8 Å². The minimum absolute atomic E-state index is 0.0715. The Morgan fingerprint density at radius 3 is 2.56 bits per heavy atom. The van der Waals surface area contributed by atoms with Gasteiger partial charge in [0.25, 0.3) is 0 Å². The van der Waals surface area contributed by atoms with Crippen LogP contribution in [0, 0.1) is 0 Å². The molecule has 1 spiro atoms. The lowest BCUT2D eigenvalue weighted by Gasteiger charge is -2.51. The monoisotopic (exact) mass is 361 g/mol. The third kappa shape index (κ3) is 3.24. The largest absolute Gasteiger partial charge is 0.460 e. The van der Waals surface area contributed by atoms with Crippen molar-refractivity contribution in [1.82, 2.24) is 14.3 Å². The Morgan fingerprint density at radius 1 is 1.12 bits per heavy atom. The van der Waals surface area contributed by atoms with E-state index in [1.165, 1.54) is 4.31 Å². The maximum Gasteiger partial charge on any atom is 0.316 e. The number of ether oxygens (including phenoxy) is 2. The highest BCUT2D eigenvalue weighted by molar-refractivity contribution is 7.89. The first-order valence-corrected chi connectivity index (χ1v) is 9.64. The fraction of sp³-hybridized carbons (Fsp3) is 0.412. The van der Waals surface area contributed by atoms with Crippen molar-refractivity contribution in [2.24, 2.45) is 0 Å². The van der Waals surface area contributed by atoms with Crippen molar-refractivity contribution < 1.29 is 17.9 Å². The predicted molar refractivity (Wildman–Crippen MR) is 89.6 cm³/mol. The lowest BCUT2D eigenvalue weighted by atomic mass is 9.86. The predicted octanol–water partition coefficient (Wildman–Crippen LogP) is 1.48. The first-order valence-electron chi connectivity index (χ1n) is 8.20. The lowest BCUT2D eigenvalue weighted by Crippen LogP contribution is -2.67. The van der Waals surface area contributed by atoms with Crippen LogP contribution in [-0.4, -0.2) is 54.1 Å². The first-order chi connectivity index (χ1) is 12.1. The summed E-state index contributed by atoms with van der Waals surface area (Å²) in [5, 5.41) is 0. The normalized spacial score (nSPS) is 23.1. The third-order valence-electron chi connectivity index (χ3n) is 4.57. The minimum Gasteiger partial charge on any atom is -0.460 e. The second-order valence-corrected chi connectivity index (χ2v) is 8.32. The summed E-state index contributed by atoms with van der Waals surface area (Å²) < 4.78 is 38.5. The van der Waals surface area contributed by atoms with Crippen molar-refractivity contribution in [1.29, 1.82) is 0 Å². The minimum atomic E-state index is -3.47. The molecular weight excluding hydrogens is 342 g/mol. The molecule has 1 aromatic heterocycles. The quantitative estimate of drug-likeness (QED) is 0.820. The van der Waals surface area contributed by atoms with E-state index in [0.29, 0.717) is 37.0 Å². The second kappa shape index (κ2) is 6.36. The van der Waals surface area contributed by atoms with Gasteiger partial charge >= 0.3 is 6.01 Å². The fourth-order valence-corrected chi connectivity index (χ4v) is 4.92. The Morgan fingerprint density at radius 2 is 1.84 bits per heavy atom. The molecule has 3 heterocycles. The van der Waals surface area contributed by atoms with Gasteiger partial charge in [0.15, 0.2) is 0 Å². The van der Waals surface area contributed by atoms with Gasteiger partial charge in [-0.1, -0.05) is 18.2 Å². The summed E-state index contributed by atoms with van der Waals surface area (Å²) >= 11 is 0. The van der Waals surface area contributed by atoms with Gasteiger partial charge < -0.3 is 9.47 Å². The fourth-order valence-electron chi connectivity index (χ4n) is 3.31. The van der Waals surface area contributed by atoms with Crippen molar-refractivity contribution in [3.8, 4) is 6.01 Å². The zero-order valence-corrected chi connectivity index (χ0v) is 14.4. The van der Waals surface area contributed by atoms with Gasteiger partial charge in [-0.2, -0.15) is 4.31 Å². The molecule has 2 aliphatic heterocycles. The molecule has 0 amide bonds. The van der Waals surface area contributed by atoms with Crippen LogP contribution in [0.5, 0.6) is 6.01 Å². The number of rotatable bonds is 4. The summed E-state index contributed by atoms with van der Waals surface area (Å²) in [4.78, 5) is 8.47. The third-order valence-corrected chi connectivity index (χ3v) is 6.38. The average molecular weight is 361 g/mol. The molecule has 0 saturated carbocycles. The Hall–Kier alpha value is -2.03. The van der Waals surface area contributed by atoms with Crippen molar-refractivity contribution in [2.45, 2.75) is 29.4 Å². The van der Waals surface area contributed by atoms with E-state index in [2.05, 4.69) is 9.97 Å². The number of hydrogen-bond donors (Lipinski definition) is 0. The highest BCUT2D eigenvalue weighted by Gasteiger charge is 2.52. The molecule has 1 atom stereocenters. The molecule has 7 nitrogen and oxygen atoms in total. The summed E-state index contributed by atoms with van der Waals surface area (Å²) in [6, 6.07) is 10.6. The van der Waals surface area contributed by atoms with E-state index in [1.54, 1.807) is 48.8 Å². The number of hydrogen-bond acceptors (Lipinski definition) is 6. The van der Waals surface area contributed by atoms with Crippen LogP contribution >= 0.6 is 0 Å². The topological polar surface area (TPSA) is 81.6 Å². The van der Waals surface area contributed by atoms with E-state index in [-0.39, 0.29) is 6.10 Å². The molecule has 2 fully saturated rings. The zero-order valence-electron chi connectivity index (χ0n) is 13.6. The molecule has 4 rings (SSSR count). The van der Waals surface area contributed by atoms with Gasteiger partial charge in [-0.25, -0.2) is 18.4 Å². The van der Waals surface area contributed by atoms with Gasteiger partial charge in [-0.3, -0.25) is 0 Å². The van der Waals surface area contributed by atoms with Crippen molar-refractivity contribution in [2.75, 3.05) is 19.7 Å². The van der Waals surface area contributed by atoms with Crippen molar-refractivity contribution in [3.63, 3.8) is 0 Å². The Labute approximate surface area is 146 Å². The van der Waals surface area contributed by atoms with E-state index in [9.17, 15) is 8.42 Å². The molecule has 0 bridgehead atoms. The molecule has 2 aliphatic rings. The Kier molecular flexibility index (Phi) is 4.18. The van der Waals surface area contributed by atoms with Crippen LogP contribution in [0.15, 0.2) is 53.7 Å². The van der Waals surface area contributed by atoms with Crippen LogP contribution in [0.2, 0.25) is 0 Å². The number of aromatic nitrogens is 2. The van der Waals surface area contributed by atoms with Crippen LogP contribution in [0.25, 0.3) is 0 Å². The summed E-state index contributed by atoms with van der Waals surface area (Å²) in [6.45, 7) is 1.23. The maximum absolute atomic E-state index is 12.6. The standard InChI is InChI=1S/C17H19N3O4S/c21-25(22,15-5-2-1-3-6-15)20-12-17(13-20)11-14(7-10-23-17)24-16-18-8-4-9-19-16/h1-6,8-9,14H,7,10-13H2. The molecular formula is C17H19N3O4S. The van der Waals surface area contributed by atoms with Crippen LogP contribution in [0.3, 0.4) is 0 Å². The summed E-state index contributed by atoms with van der Waals surface area (Å²) in [5.41, 5.74) is -0.473. The maximum atomic E-state index is 12.6. The van der Waals surface area contributed by atoms with Gasteiger partial charge in [-0.05, 0) is 18.2 Å². The molecule has 1 aromatic carbocycles. The molecule has 0 aliphatic carbocycles. The summed E-state index contributed by atoms with van der Waals surface area (Å²) in [6.07, 6.45) is 4.57. The molecule has 25 heavy (non-hydrogen) atoms. The number of benzene rings is 1. The second-order valence-electron chi connectivity index (χ2n) is 6.38. The van der Waals surface area contributed by atoms with Crippen LogP contribution < -0.4 is 4.74 Å². The molecule has 0 radical (unpaired) electrons. The van der Waals surface area contributed by atoms with E-state index >= 15 is 0 Å². The number of nitrogens with zero attached hydrogens (tertiary/aromatic N) is 3. The molecule has 2 aromatic rings. The van der Waals surface area contributed by atoms with Crippen molar-refractivity contribution >= 4 is 10.0 Å². The molecule has 132 valence electrons. The smallest absolute Gasteiger partial charge is 0.316 e. The Balaban J connectivity index is 1.41.